The Morgan fingerprint density at radius 3 is 2.65 bits per heavy atom. The van der Waals surface area contributed by atoms with Gasteiger partial charge in [0.25, 0.3) is 0 Å². The molecule has 1 N–H and O–H groups in total. The van der Waals surface area contributed by atoms with Crippen LogP contribution in [0.15, 0.2) is 18.3 Å². The van der Waals surface area contributed by atoms with E-state index in [-0.39, 0.29) is 0 Å². The summed E-state index contributed by atoms with van der Waals surface area (Å²) in [7, 11) is 0. The molecule has 1 fully saturated rings. The highest BCUT2D eigenvalue weighted by Gasteiger charge is 2.29. The fourth-order valence-corrected chi connectivity index (χ4v) is 2.78. The maximum absolute atomic E-state index is 4.64. The first-order valence-electron chi connectivity index (χ1n) is 7.96. The van der Waals surface area contributed by atoms with Crippen LogP contribution in [-0.4, -0.2) is 24.1 Å². The molecule has 1 aliphatic rings. The monoisotopic (exact) mass is 275 g/mol. The van der Waals surface area contributed by atoms with Gasteiger partial charge in [0.2, 0.25) is 0 Å². The van der Waals surface area contributed by atoms with Crippen molar-refractivity contribution in [2.75, 3.05) is 18.0 Å². The third-order valence-corrected chi connectivity index (χ3v) is 4.69. The summed E-state index contributed by atoms with van der Waals surface area (Å²) < 4.78 is 0. The van der Waals surface area contributed by atoms with Crippen molar-refractivity contribution >= 4 is 5.82 Å². The molecule has 2 heterocycles. The van der Waals surface area contributed by atoms with Crippen molar-refractivity contribution in [1.29, 1.82) is 0 Å². The van der Waals surface area contributed by atoms with E-state index in [0.29, 0.717) is 11.5 Å². The molecule has 1 aromatic heterocycles. The number of rotatable bonds is 5. The molecule has 2 rings (SSSR count). The Labute approximate surface area is 123 Å². The van der Waals surface area contributed by atoms with Crippen molar-refractivity contribution in [2.45, 2.75) is 59.5 Å². The van der Waals surface area contributed by atoms with Gasteiger partial charge in [0.15, 0.2) is 0 Å². The molecule has 3 nitrogen and oxygen atoms in total. The molecule has 0 unspecified atom stereocenters. The number of anilines is 1. The molecule has 0 amide bonds. The van der Waals surface area contributed by atoms with Gasteiger partial charge in [-0.05, 0) is 24.3 Å². The first-order chi connectivity index (χ1) is 9.54. The summed E-state index contributed by atoms with van der Waals surface area (Å²) >= 11 is 0. The minimum atomic E-state index is 0.507. The Hall–Kier alpha value is -1.09. The average Bonchev–Trinajstić information content (AvgIpc) is 2.46. The Kier molecular flexibility index (Phi) is 5.03. The second-order valence-electron chi connectivity index (χ2n) is 6.67. The number of hydrogen-bond donors (Lipinski definition) is 1. The summed E-state index contributed by atoms with van der Waals surface area (Å²) in [5.74, 6) is 1.18. The number of nitrogens with one attached hydrogen (secondary N) is 1. The third kappa shape index (κ3) is 3.72. The Morgan fingerprint density at radius 1 is 1.35 bits per heavy atom. The predicted molar refractivity (Wildman–Crippen MR) is 86.1 cm³/mol. The zero-order valence-electron chi connectivity index (χ0n) is 13.4. The van der Waals surface area contributed by atoms with Gasteiger partial charge in [-0.2, -0.15) is 0 Å². The van der Waals surface area contributed by atoms with Gasteiger partial charge < -0.3 is 10.2 Å². The SMILES string of the molecule is CCC1(C)CCN(c2ncccc2CNC(C)C)CC1. The summed E-state index contributed by atoms with van der Waals surface area (Å²) in [5, 5.41) is 3.50. The zero-order chi connectivity index (χ0) is 14.6. The van der Waals surface area contributed by atoms with Crippen LogP contribution in [0.2, 0.25) is 0 Å². The molecule has 0 bridgehead atoms. The average molecular weight is 275 g/mol. The minimum Gasteiger partial charge on any atom is -0.356 e. The second-order valence-corrected chi connectivity index (χ2v) is 6.67. The smallest absolute Gasteiger partial charge is 0.133 e. The number of piperidine rings is 1. The van der Waals surface area contributed by atoms with E-state index in [9.17, 15) is 0 Å². The van der Waals surface area contributed by atoms with Gasteiger partial charge in [0, 0.05) is 37.4 Å². The van der Waals surface area contributed by atoms with Gasteiger partial charge in [-0.15, -0.1) is 0 Å². The molecule has 0 radical (unpaired) electrons. The van der Waals surface area contributed by atoms with Crippen LogP contribution < -0.4 is 10.2 Å². The predicted octanol–water partition coefficient (Wildman–Crippen LogP) is 3.60. The summed E-state index contributed by atoms with van der Waals surface area (Å²) in [5.41, 5.74) is 1.85. The fraction of sp³-hybridized carbons (Fsp3) is 0.706. The molecule has 112 valence electrons. The van der Waals surface area contributed by atoms with E-state index in [4.69, 9.17) is 0 Å². The lowest BCUT2D eigenvalue weighted by molar-refractivity contribution is 0.237. The molecule has 0 spiro atoms. The molecule has 0 aromatic carbocycles. The van der Waals surface area contributed by atoms with E-state index >= 15 is 0 Å². The second kappa shape index (κ2) is 6.57. The van der Waals surface area contributed by atoms with Crippen molar-refractivity contribution < 1.29 is 0 Å². The third-order valence-electron chi connectivity index (χ3n) is 4.69. The molecule has 1 aliphatic heterocycles. The molecular formula is C17H29N3. The highest BCUT2D eigenvalue weighted by molar-refractivity contribution is 5.47. The number of nitrogens with zero attached hydrogens (tertiary/aromatic N) is 2. The van der Waals surface area contributed by atoms with E-state index in [0.717, 1.165) is 19.6 Å². The van der Waals surface area contributed by atoms with Crippen LogP contribution in [0, 0.1) is 5.41 Å². The van der Waals surface area contributed by atoms with Gasteiger partial charge in [-0.1, -0.05) is 40.2 Å². The number of pyridine rings is 1. The van der Waals surface area contributed by atoms with Crippen LogP contribution in [-0.2, 0) is 6.54 Å². The zero-order valence-corrected chi connectivity index (χ0v) is 13.4. The van der Waals surface area contributed by atoms with Gasteiger partial charge >= 0.3 is 0 Å². The Bertz CT molecular complexity index is 420. The highest BCUT2D eigenvalue weighted by Crippen LogP contribution is 2.35. The lowest BCUT2D eigenvalue weighted by Gasteiger charge is -2.40. The van der Waals surface area contributed by atoms with Gasteiger partial charge in [0.1, 0.15) is 5.82 Å². The molecule has 20 heavy (non-hydrogen) atoms. The van der Waals surface area contributed by atoms with Crippen LogP contribution in [0.4, 0.5) is 5.82 Å². The van der Waals surface area contributed by atoms with Crippen LogP contribution in [0.25, 0.3) is 0 Å². The quantitative estimate of drug-likeness (QED) is 0.890. The summed E-state index contributed by atoms with van der Waals surface area (Å²) in [6, 6.07) is 4.75. The molecule has 0 atom stereocenters. The molecule has 0 aliphatic carbocycles. The van der Waals surface area contributed by atoms with E-state index in [1.807, 2.05) is 12.3 Å². The normalized spacial score (nSPS) is 18.6. The Balaban J connectivity index is 2.06. The Morgan fingerprint density at radius 2 is 2.05 bits per heavy atom. The number of hydrogen-bond acceptors (Lipinski definition) is 3. The topological polar surface area (TPSA) is 28.2 Å². The van der Waals surface area contributed by atoms with Crippen molar-refractivity contribution in [3.63, 3.8) is 0 Å². The number of aromatic nitrogens is 1. The molecule has 1 saturated heterocycles. The van der Waals surface area contributed by atoms with E-state index < -0.39 is 0 Å². The summed E-state index contributed by atoms with van der Waals surface area (Å²) in [6.45, 7) is 12.3. The van der Waals surface area contributed by atoms with Gasteiger partial charge in [0.05, 0.1) is 0 Å². The fourth-order valence-electron chi connectivity index (χ4n) is 2.78. The maximum atomic E-state index is 4.64. The van der Waals surface area contributed by atoms with E-state index in [1.165, 1.54) is 30.6 Å². The van der Waals surface area contributed by atoms with E-state index in [1.54, 1.807) is 0 Å². The van der Waals surface area contributed by atoms with Crippen LogP contribution in [0.5, 0.6) is 0 Å². The largest absolute Gasteiger partial charge is 0.356 e. The lowest BCUT2D eigenvalue weighted by atomic mass is 9.78. The van der Waals surface area contributed by atoms with Crippen molar-refractivity contribution in [2.24, 2.45) is 5.41 Å². The van der Waals surface area contributed by atoms with Crippen molar-refractivity contribution in [3.05, 3.63) is 23.9 Å². The standard InChI is InChI=1S/C17H29N3/c1-5-17(4)8-11-20(12-9-17)16-15(7-6-10-18-16)13-19-14(2)3/h6-7,10,14,19H,5,8-9,11-13H2,1-4H3. The van der Waals surface area contributed by atoms with Crippen molar-refractivity contribution in [3.8, 4) is 0 Å². The van der Waals surface area contributed by atoms with Gasteiger partial charge in [-0.25, -0.2) is 4.98 Å². The lowest BCUT2D eigenvalue weighted by Crippen LogP contribution is -2.39. The minimum absolute atomic E-state index is 0.507. The molecule has 3 heteroatoms. The van der Waals surface area contributed by atoms with E-state index in [2.05, 4.69) is 49.0 Å². The molecule has 1 aromatic rings. The highest BCUT2D eigenvalue weighted by atomic mass is 15.2. The van der Waals surface area contributed by atoms with Crippen molar-refractivity contribution in [1.82, 2.24) is 10.3 Å². The van der Waals surface area contributed by atoms with Crippen LogP contribution >= 0.6 is 0 Å². The van der Waals surface area contributed by atoms with Gasteiger partial charge in [-0.3, -0.25) is 0 Å². The van der Waals surface area contributed by atoms with Crippen LogP contribution in [0.3, 0.4) is 0 Å². The van der Waals surface area contributed by atoms with Crippen LogP contribution in [0.1, 0.15) is 52.5 Å². The first kappa shape index (κ1) is 15.3. The first-order valence-corrected chi connectivity index (χ1v) is 7.96. The summed E-state index contributed by atoms with van der Waals surface area (Å²) in [4.78, 5) is 7.11. The molecular weight excluding hydrogens is 246 g/mol. The summed E-state index contributed by atoms with van der Waals surface area (Å²) in [6.07, 6.45) is 5.75. The maximum Gasteiger partial charge on any atom is 0.133 e. The molecule has 0 saturated carbocycles.